The number of pyridine rings is 1. The fraction of sp³-hybridized carbons (Fsp3) is 0.462. The number of nitrogens with zero attached hydrogens (tertiary/aromatic N) is 4. The number of alkyl halides is 2. The summed E-state index contributed by atoms with van der Waals surface area (Å²) in [6.45, 7) is 5.77. The standard InChI is InChI=1S/C26H29F2N5O3/c1-26(2)20-12-16(15-8-10-32(3)11-9-15)5-7-19(20)24(34)33(25(26)35)14-18-6-4-17(13-29-18)22-30-31-23(36-22)21(27)28/h4-7,12-13,15,21,23,31H,8-11,14H2,1-3H3. The number of benzene rings is 1. The Kier molecular flexibility index (Phi) is 6.23. The van der Waals surface area contributed by atoms with E-state index in [0.717, 1.165) is 31.5 Å². The summed E-state index contributed by atoms with van der Waals surface area (Å²) in [5, 5.41) is 3.77. The predicted molar refractivity (Wildman–Crippen MR) is 129 cm³/mol. The molecule has 1 saturated heterocycles. The highest BCUT2D eigenvalue weighted by Crippen LogP contribution is 2.38. The third-order valence-corrected chi connectivity index (χ3v) is 7.31. The maximum Gasteiger partial charge on any atom is 0.294 e. The molecule has 4 heterocycles. The average molecular weight is 498 g/mol. The Labute approximate surface area is 208 Å². The first-order valence-electron chi connectivity index (χ1n) is 12.1. The van der Waals surface area contributed by atoms with Crippen molar-refractivity contribution in [1.82, 2.24) is 20.2 Å². The zero-order valence-electron chi connectivity index (χ0n) is 20.5. The molecule has 1 aromatic carbocycles. The Morgan fingerprint density at radius 3 is 2.56 bits per heavy atom. The van der Waals surface area contributed by atoms with Crippen LogP contribution in [0.5, 0.6) is 0 Å². The van der Waals surface area contributed by atoms with Crippen LogP contribution in [0.3, 0.4) is 0 Å². The van der Waals surface area contributed by atoms with Crippen LogP contribution in [0, 0.1) is 0 Å². The molecule has 1 atom stereocenters. The van der Waals surface area contributed by atoms with Gasteiger partial charge in [0.2, 0.25) is 18.0 Å². The summed E-state index contributed by atoms with van der Waals surface area (Å²) in [6, 6.07) is 9.16. The summed E-state index contributed by atoms with van der Waals surface area (Å²) in [4.78, 5) is 34.7. The molecule has 5 rings (SSSR count). The molecular weight excluding hydrogens is 468 g/mol. The second kappa shape index (κ2) is 9.24. The van der Waals surface area contributed by atoms with Crippen molar-refractivity contribution in [2.75, 3.05) is 20.1 Å². The number of nitrogens with one attached hydrogen (secondary N) is 1. The van der Waals surface area contributed by atoms with E-state index in [1.807, 2.05) is 26.0 Å². The smallest absolute Gasteiger partial charge is 0.294 e. The molecule has 36 heavy (non-hydrogen) atoms. The molecule has 0 saturated carbocycles. The zero-order chi connectivity index (χ0) is 25.6. The van der Waals surface area contributed by atoms with Crippen LogP contribution >= 0.6 is 0 Å². The van der Waals surface area contributed by atoms with Crippen molar-refractivity contribution in [2.24, 2.45) is 5.10 Å². The second-order valence-electron chi connectivity index (χ2n) is 10.2. The fourth-order valence-corrected chi connectivity index (χ4v) is 5.04. The third kappa shape index (κ3) is 4.34. The number of fused-ring (bicyclic) bond motifs is 1. The monoisotopic (exact) mass is 497 g/mol. The summed E-state index contributed by atoms with van der Waals surface area (Å²) in [5.74, 6) is -0.186. The lowest BCUT2D eigenvalue weighted by Crippen LogP contribution is -2.51. The van der Waals surface area contributed by atoms with E-state index in [9.17, 15) is 18.4 Å². The molecule has 0 bridgehead atoms. The van der Waals surface area contributed by atoms with E-state index in [0.29, 0.717) is 22.7 Å². The molecule has 3 aliphatic heterocycles. The topological polar surface area (TPSA) is 87.1 Å². The van der Waals surface area contributed by atoms with Gasteiger partial charge in [-0.2, -0.15) is 0 Å². The average Bonchev–Trinajstić information content (AvgIpc) is 3.37. The third-order valence-electron chi connectivity index (χ3n) is 7.31. The van der Waals surface area contributed by atoms with Crippen LogP contribution in [-0.4, -0.2) is 65.3 Å². The van der Waals surface area contributed by atoms with Crippen LogP contribution in [0.4, 0.5) is 8.78 Å². The number of aromatic nitrogens is 1. The van der Waals surface area contributed by atoms with Gasteiger partial charge in [-0.05, 0) is 82.1 Å². The van der Waals surface area contributed by atoms with Gasteiger partial charge in [0, 0.05) is 11.8 Å². The normalized spacial score (nSPS) is 22.3. The quantitative estimate of drug-likeness (QED) is 0.639. The van der Waals surface area contributed by atoms with E-state index in [1.54, 1.807) is 12.1 Å². The maximum absolute atomic E-state index is 13.5. The van der Waals surface area contributed by atoms with E-state index in [2.05, 4.69) is 33.5 Å². The SMILES string of the molecule is CN1CCC(c2ccc3c(c2)C(C)(C)C(=O)N(Cc2ccc(C4=NNC(C(F)F)O4)cn2)C3=O)CC1. The van der Waals surface area contributed by atoms with Crippen molar-refractivity contribution in [2.45, 2.75) is 57.2 Å². The van der Waals surface area contributed by atoms with Crippen molar-refractivity contribution in [3.05, 3.63) is 64.5 Å². The fourth-order valence-electron chi connectivity index (χ4n) is 5.04. The van der Waals surface area contributed by atoms with Crippen LogP contribution in [0.2, 0.25) is 0 Å². The molecule has 8 nitrogen and oxygen atoms in total. The van der Waals surface area contributed by atoms with Gasteiger partial charge in [-0.15, -0.1) is 5.10 Å². The summed E-state index contributed by atoms with van der Waals surface area (Å²) in [5.41, 5.74) is 4.75. The molecule has 0 aliphatic carbocycles. The minimum atomic E-state index is -2.72. The van der Waals surface area contributed by atoms with Crippen LogP contribution in [-0.2, 0) is 21.5 Å². The van der Waals surface area contributed by atoms with Gasteiger partial charge in [0.1, 0.15) is 0 Å². The summed E-state index contributed by atoms with van der Waals surface area (Å²) < 4.78 is 30.6. The molecule has 10 heteroatoms. The van der Waals surface area contributed by atoms with E-state index in [-0.39, 0.29) is 24.3 Å². The number of hydrazone groups is 1. The summed E-state index contributed by atoms with van der Waals surface area (Å²) in [7, 11) is 2.12. The van der Waals surface area contributed by atoms with Gasteiger partial charge >= 0.3 is 0 Å². The van der Waals surface area contributed by atoms with Crippen LogP contribution < -0.4 is 5.43 Å². The Morgan fingerprint density at radius 1 is 1.17 bits per heavy atom. The van der Waals surface area contributed by atoms with Gasteiger partial charge in [0.05, 0.1) is 23.2 Å². The molecular formula is C26H29F2N5O3. The van der Waals surface area contributed by atoms with Crippen LogP contribution in [0.25, 0.3) is 0 Å². The largest absolute Gasteiger partial charge is 0.444 e. The van der Waals surface area contributed by atoms with Crippen molar-refractivity contribution >= 4 is 17.7 Å². The Bertz CT molecular complexity index is 1210. The lowest BCUT2D eigenvalue weighted by atomic mass is 9.75. The van der Waals surface area contributed by atoms with Gasteiger partial charge < -0.3 is 9.64 Å². The minimum absolute atomic E-state index is 0.00275. The lowest BCUT2D eigenvalue weighted by Gasteiger charge is -2.38. The predicted octanol–water partition coefficient (Wildman–Crippen LogP) is 3.22. The molecule has 1 fully saturated rings. The number of imide groups is 1. The van der Waals surface area contributed by atoms with E-state index in [1.165, 1.54) is 16.7 Å². The van der Waals surface area contributed by atoms with E-state index >= 15 is 0 Å². The van der Waals surface area contributed by atoms with Crippen LogP contribution in [0.1, 0.15) is 65.3 Å². The van der Waals surface area contributed by atoms with Crippen LogP contribution in [0.15, 0.2) is 41.6 Å². The van der Waals surface area contributed by atoms with E-state index in [4.69, 9.17) is 4.74 Å². The molecule has 1 N–H and O–H groups in total. The molecule has 3 aliphatic rings. The van der Waals surface area contributed by atoms with Gasteiger partial charge in [-0.1, -0.05) is 12.1 Å². The number of hydrogen-bond acceptors (Lipinski definition) is 7. The molecule has 0 radical (unpaired) electrons. The highest BCUT2D eigenvalue weighted by Gasteiger charge is 2.45. The first-order chi connectivity index (χ1) is 17.1. The first-order valence-corrected chi connectivity index (χ1v) is 12.1. The number of halogens is 2. The van der Waals surface area contributed by atoms with Gasteiger partial charge in [0.15, 0.2) is 0 Å². The number of rotatable bonds is 5. The van der Waals surface area contributed by atoms with Crippen molar-refractivity contribution < 1.29 is 23.1 Å². The Hall–Kier alpha value is -3.40. The van der Waals surface area contributed by atoms with E-state index < -0.39 is 18.1 Å². The number of ether oxygens (including phenoxy) is 1. The number of carbonyl (C=O) groups is 2. The lowest BCUT2D eigenvalue weighted by molar-refractivity contribution is -0.134. The summed E-state index contributed by atoms with van der Waals surface area (Å²) in [6.07, 6.45) is -0.675. The molecule has 0 spiro atoms. The first kappa shape index (κ1) is 24.3. The number of hydrogen-bond donors (Lipinski definition) is 1. The van der Waals surface area contributed by atoms with Gasteiger partial charge in [-0.3, -0.25) is 24.9 Å². The summed E-state index contributed by atoms with van der Waals surface area (Å²) >= 11 is 0. The number of likely N-dealkylation sites (tertiary alicyclic amines) is 1. The Morgan fingerprint density at radius 2 is 1.92 bits per heavy atom. The highest BCUT2D eigenvalue weighted by atomic mass is 19.3. The van der Waals surface area contributed by atoms with Crippen molar-refractivity contribution in [3.63, 3.8) is 0 Å². The number of carbonyl (C=O) groups excluding carboxylic acids is 2. The molecule has 2 amide bonds. The molecule has 1 unspecified atom stereocenters. The second-order valence-corrected chi connectivity index (χ2v) is 10.2. The molecule has 2 aromatic rings. The van der Waals surface area contributed by atoms with Crippen molar-refractivity contribution in [3.8, 4) is 0 Å². The minimum Gasteiger partial charge on any atom is -0.444 e. The molecule has 190 valence electrons. The number of piperidine rings is 1. The zero-order valence-corrected chi connectivity index (χ0v) is 20.5. The van der Waals surface area contributed by atoms with Gasteiger partial charge in [0.25, 0.3) is 12.3 Å². The van der Waals surface area contributed by atoms with Crippen molar-refractivity contribution in [1.29, 1.82) is 0 Å². The van der Waals surface area contributed by atoms with Gasteiger partial charge in [-0.25, -0.2) is 8.78 Å². The Balaban J connectivity index is 1.34. The maximum atomic E-state index is 13.5. The highest BCUT2D eigenvalue weighted by molar-refractivity contribution is 6.12. The molecule has 1 aromatic heterocycles. The number of amides is 2.